The first-order chi connectivity index (χ1) is 13.1. The van der Waals surface area contributed by atoms with E-state index < -0.39 is 0 Å². The number of thiazole rings is 1. The van der Waals surface area contributed by atoms with Crippen molar-refractivity contribution in [2.24, 2.45) is 5.10 Å². The van der Waals surface area contributed by atoms with E-state index >= 15 is 0 Å². The maximum atomic E-state index is 5.69. The number of hydrazone groups is 1. The minimum Gasteiger partial charge on any atom is -0.493 e. The molecule has 0 atom stereocenters. The van der Waals surface area contributed by atoms with Gasteiger partial charge in [-0.2, -0.15) is 5.10 Å². The van der Waals surface area contributed by atoms with Crippen LogP contribution in [0.1, 0.15) is 23.6 Å². The zero-order chi connectivity index (χ0) is 19.2. The standard InChI is InChI=1S/C21H23N3O2S/c1-5-26-20-17(7-6-8-19(20)25-4)12-22-24-21-23-18(13-27-21)16-10-9-14(2)15(3)11-16/h6-13H,5H2,1-4H3,(H,23,24)/b22-12-. The van der Waals surface area contributed by atoms with Gasteiger partial charge >= 0.3 is 0 Å². The van der Waals surface area contributed by atoms with E-state index in [1.165, 1.54) is 22.5 Å². The van der Waals surface area contributed by atoms with Crippen molar-refractivity contribution in [1.29, 1.82) is 0 Å². The topological polar surface area (TPSA) is 55.7 Å². The van der Waals surface area contributed by atoms with Gasteiger partial charge in [-0.15, -0.1) is 11.3 Å². The Morgan fingerprint density at radius 1 is 1.19 bits per heavy atom. The van der Waals surface area contributed by atoms with Crippen molar-refractivity contribution in [1.82, 2.24) is 4.98 Å². The third kappa shape index (κ3) is 4.46. The lowest BCUT2D eigenvalue weighted by molar-refractivity contribution is 0.310. The summed E-state index contributed by atoms with van der Waals surface area (Å²) in [7, 11) is 1.63. The summed E-state index contributed by atoms with van der Waals surface area (Å²) < 4.78 is 11.0. The van der Waals surface area contributed by atoms with E-state index in [1.54, 1.807) is 13.3 Å². The van der Waals surface area contributed by atoms with E-state index in [1.807, 2.05) is 30.5 Å². The van der Waals surface area contributed by atoms with Gasteiger partial charge in [-0.3, -0.25) is 5.43 Å². The number of aryl methyl sites for hydroxylation is 2. The van der Waals surface area contributed by atoms with E-state index in [0.717, 1.165) is 22.0 Å². The monoisotopic (exact) mass is 381 g/mol. The number of methoxy groups -OCH3 is 1. The second kappa shape index (κ2) is 8.68. The molecule has 1 aromatic heterocycles. The molecule has 2 aromatic carbocycles. The molecule has 0 amide bonds. The summed E-state index contributed by atoms with van der Waals surface area (Å²) in [6.45, 7) is 6.71. The summed E-state index contributed by atoms with van der Waals surface area (Å²) in [5.41, 5.74) is 8.43. The molecule has 5 nitrogen and oxygen atoms in total. The molecule has 1 N–H and O–H groups in total. The molecule has 0 aliphatic rings. The van der Waals surface area contributed by atoms with E-state index in [4.69, 9.17) is 9.47 Å². The normalized spacial score (nSPS) is 11.0. The van der Waals surface area contributed by atoms with Gasteiger partial charge in [0.05, 0.1) is 25.6 Å². The smallest absolute Gasteiger partial charge is 0.203 e. The molecule has 0 saturated carbocycles. The highest BCUT2D eigenvalue weighted by atomic mass is 32.1. The molecule has 3 rings (SSSR count). The van der Waals surface area contributed by atoms with Crippen LogP contribution in [0, 0.1) is 13.8 Å². The largest absolute Gasteiger partial charge is 0.493 e. The zero-order valence-corrected chi connectivity index (χ0v) is 16.8. The predicted octanol–water partition coefficient (Wildman–Crippen LogP) is 5.28. The molecule has 1 heterocycles. The van der Waals surface area contributed by atoms with Gasteiger partial charge in [0.1, 0.15) is 0 Å². The van der Waals surface area contributed by atoms with Gasteiger partial charge in [-0.1, -0.05) is 18.2 Å². The predicted molar refractivity (Wildman–Crippen MR) is 112 cm³/mol. The van der Waals surface area contributed by atoms with Crippen LogP contribution in [0.25, 0.3) is 11.3 Å². The van der Waals surface area contributed by atoms with Crippen molar-refractivity contribution in [3.8, 4) is 22.8 Å². The van der Waals surface area contributed by atoms with Crippen molar-refractivity contribution < 1.29 is 9.47 Å². The van der Waals surface area contributed by atoms with Crippen LogP contribution < -0.4 is 14.9 Å². The van der Waals surface area contributed by atoms with Crippen molar-refractivity contribution in [3.05, 3.63) is 58.5 Å². The van der Waals surface area contributed by atoms with E-state index in [-0.39, 0.29) is 0 Å². The third-order valence-corrected chi connectivity index (χ3v) is 4.94. The number of nitrogens with zero attached hydrogens (tertiary/aromatic N) is 2. The number of rotatable bonds is 7. The second-order valence-corrected chi connectivity index (χ2v) is 6.88. The quantitative estimate of drug-likeness (QED) is 0.447. The van der Waals surface area contributed by atoms with Gasteiger partial charge in [0.2, 0.25) is 5.13 Å². The third-order valence-electron chi connectivity index (χ3n) is 4.19. The van der Waals surface area contributed by atoms with Gasteiger partial charge in [0, 0.05) is 16.5 Å². The Morgan fingerprint density at radius 2 is 2.04 bits per heavy atom. The molecular formula is C21H23N3O2S. The molecule has 0 aliphatic carbocycles. The van der Waals surface area contributed by atoms with Crippen LogP contribution in [-0.4, -0.2) is 24.9 Å². The average Bonchev–Trinajstić information content (AvgIpc) is 3.14. The van der Waals surface area contributed by atoms with Crippen LogP contribution in [-0.2, 0) is 0 Å². The van der Waals surface area contributed by atoms with Gasteiger partial charge in [-0.25, -0.2) is 4.98 Å². The average molecular weight is 382 g/mol. The highest BCUT2D eigenvalue weighted by molar-refractivity contribution is 7.14. The molecule has 0 spiro atoms. The van der Waals surface area contributed by atoms with Crippen molar-refractivity contribution in [3.63, 3.8) is 0 Å². The second-order valence-electron chi connectivity index (χ2n) is 6.02. The fraction of sp³-hybridized carbons (Fsp3) is 0.238. The molecule has 0 unspecified atom stereocenters. The molecule has 6 heteroatoms. The van der Waals surface area contributed by atoms with Crippen molar-refractivity contribution in [2.45, 2.75) is 20.8 Å². The number of anilines is 1. The maximum absolute atomic E-state index is 5.69. The van der Waals surface area contributed by atoms with E-state index in [0.29, 0.717) is 18.1 Å². The van der Waals surface area contributed by atoms with E-state index in [2.05, 4.69) is 47.6 Å². The fourth-order valence-corrected chi connectivity index (χ4v) is 3.28. The van der Waals surface area contributed by atoms with Crippen LogP contribution >= 0.6 is 11.3 Å². The molecule has 0 saturated heterocycles. The summed E-state index contributed by atoms with van der Waals surface area (Å²) in [5.74, 6) is 1.37. The van der Waals surface area contributed by atoms with Crippen molar-refractivity contribution >= 4 is 22.7 Å². The van der Waals surface area contributed by atoms with Crippen molar-refractivity contribution in [2.75, 3.05) is 19.1 Å². The van der Waals surface area contributed by atoms with Gasteiger partial charge in [-0.05, 0) is 50.1 Å². The Kier molecular flexibility index (Phi) is 6.08. The summed E-state index contributed by atoms with van der Waals surface area (Å²) >= 11 is 1.52. The molecule has 0 radical (unpaired) electrons. The molecule has 27 heavy (non-hydrogen) atoms. The maximum Gasteiger partial charge on any atom is 0.203 e. The van der Waals surface area contributed by atoms with Gasteiger partial charge in [0.15, 0.2) is 11.5 Å². The lowest BCUT2D eigenvalue weighted by Gasteiger charge is -2.11. The summed E-state index contributed by atoms with van der Waals surface area (Å²) in [4.78, 5) is 4.61. The highest BCUT2D eigenvalue weighted by Crippen LogP contribution is 2.30. The summed E-state index contributed by atoms with van der Waals surface area (Å²) in [5, 5.41) is 7.07. The Hall–Kier alpha value is -2.86. The number of benzene rings is 2. The van der Waals surface area contributed by atoms with Crippen LogP contribution in [0.5, 0.6) is 11.5 Å². The minimum atomic E-state index is 0.556. The Bertz CT molecular complexity index is 950. The highest BCUT2D eigenvalue weighted by Gasteiger charge is 2.09. The number of hydrogen-bond acceptors (Lipinski definition) is 6. The number of hydrogen-bond donors (Lipinski definition) is 1. The van der Waals surface area contributed by atoms with E-state index in [9.17, 15) is 0 Å². The van der Waals surface area contributed by atoms with Crippen LogP contribution in [0.3, 0.4) is 0 Å². The molecular weight excluding hydrogens is 358 g/mol. The first-order valence-corrected chi connectivity index (χ1v) is 9.62. The van der Waals surface area contributed by atoms with Gasteiger partial charge < -0.3 is 9.47 Å². The van der Waals surface area contributed by atoms with Crippen LogP contribution in [0.4, 0.5) is 5.13 Å². The molecule has 3 aromatic rings. The zero-order valence-electron chi connectivity index (χ0n) is 15.9. The fourth-order valence-electron chi connectivity index (χ4n) is 2.61. The van der Waals surface area contributed by atoms with Gasteiger partial charge in [0.25, 0.3) is 0 Å². The minimum absolute atomic E-state index is 0.556. The number of ether oxygens (including phenoxy) is 2. The Morgan fingerprint density at radius 3 is 2.78 bits per heavy atom. The lowest BCUT2D eigenvalue weighted by atomic mass is 10.1. The molecule has 0 fully saturated rings. The summed E-state index contributed by atoms with van der Waals surface area (Å²) in [6, 6.07) is 12.1. The number of para-hydroxylation sites is 1. The number of aromatic nitrogens is 1. The lowest BCUT2D eigenvalue weighted by Crippen LogP contribution is -2.00. The molecule has 0 bridgehead atoms. The SMILES string of the molecule is CCOc1c(/C=N\Nc2nc(-c3ccc(C)c(C)c3)cs2)cccc1OC. The molecule has 140 valence electrons. The first-order valence-electron chi connectivity index (χ1n) is 8.74. The van der Waals surface area contributed by atoms with Crippen LogP contribution in [0.15, 0.2) is 46.9 Å². The summed E-state index contributed by atoms with van der Waals surface area (Å²) in [6.07, 6.45) is 1.71. The Labute approximate surface area is 163 Å². The van der Waals surface area contributed by atoms with Crippen LogP contribution in [0.2, 0.25) is 0 Å². The molecule has 0 aliphatic heterocycles. The number of nitrogens with one attached hydrogen (secondary N) is 1. The first kappa shape index (κ1) is 18.9. The Balaban J connectivity index is 1.74.